The van der Waals surface area contributed by atoms with E-state index in [1.807, 2.05) is 35.2 Å². The van der Waals surface area contributed by atoms with Crippen molar-refractivity contribution < 1.29 is 9.59 Å². The standard InChI is InChI=1S/C22H26ClN3O2.ClH/c1-15(20(24)16-8-4-2-5-9-16)21(27)25-19-14-17(23)10-11-18(19)22(28)26-12-6-3-7-13-26;/h2,4-5,8-11,14-15,20H,3,6-7,12-13,24H2,1H3,(H,25,27);1H. The predicted octanol–water partition coefficient (Wildman–Crippen LogP) is 4.66. The van der Waals surface area contributed by atoms with Crippen LogP contribution in [0.15, 0.2) is 48.5 Å². The Bertz CT molecular complexity index is 839. The van der Waals surface area contributed by atoms with Gasteiger partial charge in [-0.1, -0.05) is 48.9 Å². The zero-order valence-electron chi connectivity index (χ0n) is 16.4. The number of hydrogen-bond donors (Lipinski definition) is 2. The molecular formula is C22H27Cl2N3O2. The van der Waals surface area contributed by atoms with E-state index < -0.39 is 12.0 Å². The van der Waals surface area contributed by atoms with Gasteiger partial charge in [-0.25, -0.2) is 0 Å². The van der Waals surface area contributed by atoms with E-state index in [2.05, 4.69) is 5.32 Å². The summed E-state index contributed by atoms with van der Waals surface area (Å²) in [5, 5.41) is 3.33. The quantitative estimate of drug-likeness (QED) is 0.716. The first-order chi connectivity index (χ1) is 13.5. The van der Waals surface area contributed by atoms with Gasteiger partial charge in [0, 0.05) is 24.2 Å². The molecule has 1 aliphatic rings. The van der Waals surface area contributed by atoms with E-state index in [1.54, 1.807) is 25.1 Å². The minimum atomic E-state index is -0.473. The molecule has 2 aromatic rings. The molecule has 0 aromatic heterocycles. The van der Waals surface area contributed by atoms with Crippen molar-refractivity contribution in [3.8, 4) is 0 Å². The van der Waals surface area contributed by atoms with Crippen LogP contribution in [0.1, 0.15) is 48.1 Å². The van der Waals surface area contributed by atoms with Crippen LogP contribution in [0.5, 0.6) is 0 Å². The lowest BCUT2D eigenvalue weighted by molar-refractivity contribution is -0.120. The second-order valence-corrected chi connectivity index (χ2v) is 7.69. The first-order valence-corrected chi connectivity index (χ1v) is 10.1. The highest BCUT2D eigenvalue weighted by Gasteiger charge is 2.25. The van der Waals surface area contributed by atoms with Gasteiger partial charge in [0.25, 0.3) is 5.91 Å². The number of nitrogens with two attached hydrogens (primary N) is 1. The average Bonchev–Trinajstić information content (AvgIpc) is 2.73. The number of piperidine rings is 1. The maximum atomic E-state index is 12.9. The van der Waals surface area contributed by atoms with Crippen molar-refractivity contribution in [3.05, 3.63) is 64.7 Å². The molecule has 1 fully saturated rings. The Balaban J connectivity index is 0.00000300. The number of rotatable bonds is 5. The van der Waals surface area contributed by atoms with Crippen molar-refractivity contribution in [2.75, 3.05) is 18.4 Å². The molecule has 7 heteroatoms. The summed E-state index contributed by atoms with van der Waals surface area (Å²) < 4.78 is 0. The number of anilines is 1. The lowest BCUT2D eigenvalue weighted by Gasteiger charge is -2.28. The van der Waals surface area contributed by atoms with Gasteiger partial charge in [0.1, 0.15) is 0 Å². The molecule has 2 unspecified atom stereocenters. The van der Waals surface area contributed by atoms with Crippen molar-refractivity contribution in [2.45, 2.75) is 32.2 Å². The van der Waals surface area contributed by atoms with Crippen molar-refractivity contribution in [2.24, 2.45) is 11.7 Å². The number of carbonyl (C=O) groups is 2. The fourth-order valence-electron chi connectivity index (χ4n) is 3.45. The summed E-state index contributed by atoms with van der Waals surface area (Å²) in [6, 6.07) is 14.0. The van der Waals surface area contributed by atoms with E-state index in [0.717, 1.165) is 37.9 Å². The third kappa shape index (κ3) is 5.72. The third-order valence-corrected chi connectivity index (χ3v) is 5.48. The molecule has 156 valence electrons. The second kappa shape index (κ2) is 10.6. The maximum absolute atomic E-state index is 12.9. The van der Waals surface area contributed by atoms with Gasteiger partial charge in [0.15, 0.2) is 0 Å². The fourth-order valence-corrected chi connectivity index (χ4v) is 3.62. The van der Waals surface area contributed by atoms with E-state index in [-0.39, 0.29) is 24.2 Å². The fraction of sp³-hybridized carbons (Fsp3) is 0.364. The van der Waals surface area contributed by atoms with Gasteiger partial charge >= 0.3 is 0 Å². The molecule has 0 aliphatic carbocycles. The highest BCUT2D eigenvalue weighted by Crippen LogP contribution is 2.26. The monoisotopic (exact) mass is 435 g/mol. The maximum Gasteiger partial charge on any atom is 0.255 e. The number of benzene rings is 2. The zero-order valence-corrected chi connectivity index (χ0v) is 18.0. The van der Waals surface area contributed by atoms with Crippen molar-refractivity contribution in [1.29, 1.82) is 0 Å². The summed E-state index contributed by atoms with van der Waals surface area (Å²) in [6.45, 7) is 3.26. The van der Waals surface area contributed by atoms with Crippen LogP contribution >= 0.6 is 24.0 Å². The van der Waals surface area contributed by atoms with E-state index in [4.69, 9.17) is 17.3 Å². The van der Waals surface area contributed by atoms with Gasteiger partial charge in [-0.2, -0.15) is 0 Å². The Morgan fingerprint density at radius 1 is 1.07 bits per heavy atom. The van der Waals surface area contributed by atoms with Gasteiger partial charge < -0.3 is 16.0 Å². The lowest BCUT2D eigenvalue weighted by Crippen LogP contribution is -2.36. The van der Waals surface area contributed by atoms with Crippen molar-refractivity contribution >= 4 is 41.5 Å². The molecule has 0 spiro atoms. The summed E-state index contributed by atoms with van der Waals surface area (Å²) in [5.41, 5.74) is 8.05. The van der Waals surface area contributed by atoms with Gasteiger partial charge in [-0.05, 0) is 43.0 Å². The third-order valence-electron chi connectivity index (χ3n) is 5.25. The molecule has 2 aromatic carbocycles. The van der Waals surface area contributed by atoms with Crippen molar-refractivity contribution in [3.63, 3.8) is 0 Å². The molecule has 2 amide bonds. The number of amides is 2. The van der Waals surface area contributed by atoms with E-state index in [1.165, 1.54) is 0 Å². The van der Waals surface area contributed by atoms with Crippen LogP contribution < -0.4 is 11.1 Å². The molecule has 29 heavy (non-hydrogen) atoms. The van der Waals surface area contributed by atoms with Crippen LogP contribution in [0, 0.1) is 5.92 Å². The largest absolute Gasteiger partial charge is 0.339 e. The Morgan fingerprint density at radius 2 is 1.72 bits per heavy atom. The highest BCUT2D eigenvalue weighted by atomic mass is 35.5. The molecular weight excluding hydrogens is 409 g/mol. The van der Waals surface area contributed by atoms with E-state index >= 15 is 0 Å². The minimum Gasteiger partial charge on any atom is -0.339 e. The average molecular weight is 436 g/mol. The summed E-state index contributed by atoms with van der Waals surface area (Å²) in [7, 11) is 0. The number of hydrogen-bond acceptors (Lipinski definition) is 3. The smallest absolute Gasteiger partial charge is 0.255 e. The molecule has 2 atom stereocenters. The molecule has 1 heterocycles. The van der Waals surface area contributed by atoms with Crippen LogP contribution in [-0.4, -0.2) is 29.8 Å². The van der Waals surface area contributed by atoms with Crippen molar-refractivity contribution in [1.82, 2.24) is 4.90 Å². The molecule has 5 nitrogen and oxygen atoms in total. The predicted molar refractivity (Wildman–Crippen MR) is 120 cm³/mol. The Morgan fingerprint density at radius 3 is 2.38 bits per heavy atom. The molecule has 0 saturated carbocycles. The van der Waals surface area contributed by atoms with Gasteiger partial charge in [-0.15, -0.1) is 12.4 Å². The van der Waals surface area contributed by atoms with Gasteiger partial charge in [-0.3, -0.25) is 9.59 Å². The molecule has 1 saturated heterocycles. The summed E-state index contributed by atoms with van der Waals surface area (Å²) in [4.78, 5) is 27.6. The molecule has 0 bridgehead atoms. The number of likely N-dealkylation sites (tertiary alicyclic amines) is 1. The van der Waals surface area contributed by atoms with Crippen LogP contribution in [0.2, 0.25) is 5.02 Å². The Hall–Kier alpha value is -2.08. The van der Waals surface area contributed by atoms with E-state index in [0.29, 0.717) is 16.3 Å². The SMILES string of the molecule is CC(C(=O)Nc1cc(Cl)ccc1C(=O)N1CCCCC1)C(N)c1ccccc1.Cl. The number of halogens is 2. The Labute approximate surface area is 183 Å². The van der Waals surface area contributed by atoms with Crippen LogP contribution in [0.4, 0.5) is 5.69 Å². The molecule has 3 N–H and O–H groups in total. The van der Waals surface area contributed by atoms with E-state index in [9.17, 15) is 9.59 Å². The van der Waals surface area contributed by atoms with Crippen LogP contribution in [0.25, 0.3) is 0 Å². The number of nitrogens with one attached hydrogen (secondary N) is 1. The normalized spacial score (nSPS) is 15.8. The van der Waals surface area contributed by atoms with Crippen LogP contribution in [0.3, 0.4) is 0 Å². The second-order valence-electron chi connectivity index (χ2n) is 7.26. The summed E-state index contributed by atoms with van der Waals surface area (Å²) in [5.74, 6) is -0.794. The lowest BCUT2D eigenvalue weighted by atomic mass is 9.94. The van der Waals surface area contributed by atoms with Gasteiger partial charge in [0.2, 0.25) is 5.91 Å². The highest BCUT2D eigenvalue weighted by molar-refractivity contribution is 6.31. The Kier molecular flexibility index (Phi) is 8.50. The summed E-state index contributed by atoms with van der Waals surface area (Å²) in [6.07, 6.45) is 3.15. The first-order valence-electron chi connectivity index (χ1n) is 9.67. The molecule has 3 rings (SSSR count). The zero-order chi connectivity index (χ0) is 20.1. The summed E-state index contributed by atoms with van der Waals surface area (Å²) >= 11 is 6.13. The molecule has 0 radical (unpaired) electrons. The van der Waals surface area contributed by atoms with Gasteiger partial charge in [0.05, 0.1) is 17.2 Å². The number of carbonyl (C=O) groups excluding carboxylic acids is 2. The number of nitrogens with zero attached hydrogens (tertiary/aromatic N) is 1. The molecule has 1 aliphatic heterocycles. The first kappa shape index (κ1) is 23.2. The van der Waals surface area contributed by atoms with Crippen LogP contribution in [-0.2, 0) is 4.79 Å². The minimum absolute atomic E-state index is 0. The topological polar surface area (TPSA) is 75.4 Å².